The van der Waals surface area contributed by atoms with E-state index in [2.05, 4.69) is 10.6 Å². The van der Waals surface area contributed by atoms with E-state index in [9.17, 15) is 15.0 Å². The molecule has 0 radical (unpaired) electrons. The number of ether oxygens (including phenoxy) is 2. The number of methoxy groups -OCH3 is 1. The summed E-state index contributed by atoms with van der Waals surface area (Å²) in [7, 11) is 1.60. The highest BCUT2D eigenvalue weighted by Crippen LogP contribution is 2.26. The third kappa shape index (κ3) is 5.88. The number of anilines is 1. The first-order valence-corrected chi connectivity index (χ1v) is 8.97. The van der Waals surface area contributed by atoms with Crippen molar-refractivity contribution in [3.63, 3.8) is 0 Å². The number of hydrogen-bond donors (Lipinski definition) is 4. The predicted octanol–water partition coefficient (Wildman–Crippen LogP) is 3.35. The number of rotatable bonds is 8. The number of amides is 1. The summed E-state index contributed by atoms with van der Waals surface area (Å²) in [5.41, 5.74) is 1.03. The molecule has 0 aromatic heterocycles. The summed E-state index contributed by atoms with van der Waals surface area (Å²) in [6.45, 7) is 0.00325. The van der Waals surface area contributed by atoms with Crippen LogP contribution in [0.3, 0.4) is 0 Å². The molecule has 1 atom stereocenters. The maximum absolute atomic E-state index is 12.1. The molecule has 0 heterocycles. The molecule has 150 valence electrons. The van der Waals surface area contributed by atoms with E-state index >= 15 is 0 Å². The normalized spacial score (nSPS) is 11.4. The number of nitrogens with one attached hydrogen (secondary N) is 2. The molecule has 29 heavy (non-hydrogen) atoms. The molecule has 0 spiro atoms. The molecule has 3 aromatic carbocycles. The number of benzene rings is 3. The van der Waals surface area contributed by atoms with E-state index in [4.69, 9.17) is 9.47 Å². The summed E-state index contributed by atoms with van der Waals surface area (Å²) in [6, 6.07) is 20.2. The summed E-state index contributed by atoms with van der Waals surface area (Å²) in [6.07, 6.45) is -0.993. The zero-order valence-corrected chi connectivity index (χ0v) is 15.8. The molecule has 0 fully saturated rings. The minimum atomic E-state index is -0.993. The van der Waals surface area contributed by atoms with Gasteiger partial charge in [0.1, 0.15) is 29.2 Å². The molecule has 7 nitrogen and oxygen atoms in total. The third-order valence-corrected chi connectivity index (χ3v) is 4.05. The Morgan fingerprint density at radius 2 is 1.66 bits per heavy atom. The van der Waals surface area contributed by atoms with Crippen LogP contribution < -0.4 is 20.1 Å². The van der Waals surface area contributed by atoms with E-state index in [0.29, 0.717) is 22.7 Å². The summed E-state index contributed by atoms with van der Waals surface area (Å²) >= 11 is 0. The Kier molecular flexibility index (Phi) is 6.55. The summed E-state index contributed by atoms with van der Waals surface area (Å²) in [5, 5.41) is 25.0. The molecular weight excluding hydrogens is 372 g/mol. The summed E-state index contributed by atoms with van der Waals surface area (Å²) in [5.74, 6) is 1.73. The van der Waals surface area contributed by atoms with E-state index in [1.807, 2.05) is 0 Å². The smallest absolute Gasteiger partial charge is 0.251 e. The molecule has 0 saturated heterocycles. The van der Waals surface area contributed by atoms with Gasteiger partial charge < -0.3 is 30.3 Å². The fourth-order valence-corrected chi connectivity index (χ4v) is 2.58. The van der Waals surface area contributed by atoms with Crippen LogP contribution in [-0.2, 0) is 0 Å². The Balaban J connectivity index is 1.53. The van der Waals surface area contributed by atoms with Crippen LogP contribution in [0.25, 0.3) is 0 Å². The van der Waals surface area contributed by atoms with Gasteiger partial charge in [0.15, 0.2) is 0 Å². The lowest BCUT2D eigenvalue weighted by Crippen LogP contribution is -2.36. The molecule has 0 aliphatic heterocycles. The number of hydrogen-bond acceptors (Lipinski definition) is 6. The first-order chi connectivity index (χ1) is 14.0. The molecule has 0 saturated carbocycles. The van der Waals surface area contributed by atoms with Gasteiger partial charge in [-0.1, -0.05) is 6.07 Å². The first-order valence-electron chi connectivity index (χ1n) is 8.97. The van der Waals surface area contributed by atoms with Gasteiger partial charge in [-0.2, -0.15) is 0 Å². The maximum atomic E-state index is 12.1. The predicted molar refractivity (Wildman–Crippen MR) is 110 cm³/mol. The molecule has 1 amide bonds. The van der Waals surface area contributed by atoms with Gasteiger partial charge in [0.05, 0.1) is 13.7 Å². The Bertz CT molecular complexity index is 942. The van der Waals surface area contributed by atoms with Gasteiger partial charge >= 0.3 is 0 Å². The van der Waals surface area contributed by atoms with E-state index in [-0.39, 0.29) is 18.2 Å². The van der Waals surface area contributed by atoms with Gasteiger partial charge in [-0.3, -0.25) is 4.79 Å². The Morgan fingerprint density at radius 1 is 0.966 bits per heavy atom. The van der Waals surface area contributed by atoms with Crippen LogP contribution in [0.2, 0.25) is 0 Å². The SMILES string of the molecule is COc1ccc(Oc2cccc(NC(O)CNC(=O)c3ccc(O)cc3)c2)cc1. The van der Waals surface area contributed by atoms with E-state index in [0.717, 1.165) is 5.75 Å². The number of aliphatic hydroxyl groups is 1. The first kappa shape index (κ1) is 20.0. The molecule has 1 unspecified atom stereocenters. The van der Waals surface area contributed by atoms with Crippen molar-refractivity contribution in [1.29, 1.82) is 0 Å². The highest BCUT2D eigenvalue weighted by molar-refractivity contribution is 5.94. The second-order valence-electron chi connectivity index (χ2n) is 6.22. The van der Waals surface area contributed by atoms with Crippen LogP contribution in [0.5, 0.6) is 23.0 Å². The zero-order valence-electron chi connectivity index (χ0n) is 15.8. The minimum absolute atomic E-state index is 0.00325. The largest absolute Gasteiger partial charge is 0.508 e. The fraction of sp³-hybridized carbons (Fsp3) is 0.136. The number of carbonyl (C=O) groups is 1. The number of phenolic OH excluding ortho intramolecular Hbond substituents is 1. The molecule has 3 aromatic rings. The monoisotopic (exact) mass is 394 g/mol. The average molecular weight is 394 g/mol. The Labute approximate surface area is 168 Å². The van der Waals surface area contributed by atoms with Crippen molar-refractivity contribution in [2.75, 3.05) is 19.0 Å². The van der Waals surface area contributed by atoms with Crippen LogP contribution in [-0.4, -0.2) is 36.0 Å². The molecule has 4 N–H and O–H groups in total. The quantitative estimate of drug-likeness (QED) is 0.437. The van der Waals surface area contributed by atoms with Crippen LogP contribution in [0.1, 0.15) is 10.4 Å². The van der Waals surface area contributed by atoms with Gasteiger partial charge in [-0.15, -0.1) is 0 Å². The number of carbonyl (C=O) groups excluding carboxylic acids is 1. The standard InChI is InChI=1S/C22H22N2O5/c1-28-18-9-11-19(12-10-18)29-20-4-2-3-16(13-20)24-21(26)14-23-22(27)15-5-7-17(25)8-6-15/h2-13,21,24-26H,14H2,1H3,(H,23,27). The lowest BCUT2D eigenvalue weighted by molar-refractivity contribution is 0.0927. The molecule has 0 aliphatic carbocycles. The number of phenols is 1. The van der Waals surface area contributed by atoms with Crippen molar-refractivity contribution in [2.45, 2.75) is 6.23 Å². The van der Waals surface area contributed by atoms with Crippen molar-refractivity contribution < 1.29 is 24.5 Å². The number of aromatic hydroxyl groups is 1. The average Bonchev–Trinajstić information content (AvgIpc) is 2.73. The fourth-order valence-electron chi connectivity index (χ4n) is 2.58. The lowest BCUT2D eigenvalue weighted by Gasteiger charge is -2.16. The van der Waals surface area contributed by atoms with Gasteiger partial charge in [0.2, 0.25) is 0 Å². The van der Waals surface area contributed by atoms with Crippen molar-refractivity contribution in [2.24, 2.45) is 0 Å². The van der Waals surface area contributed by atoms with Crippen LogP contribution in [0.15, 0.2) is 72.8 Å². The van der Waals surface area contributed by atoms with Gasteiger partial charge in [-0.05, 0) is 60.7 Å². The van der Waals surface area contributed by atoms with Crippen LogP contribution >= 0.6 is 0 Å². The second kappa shape index (κ2) is 9.48. The minimum Gasteiger partial charge on any atom is -0.508 e. The summed E-state index contributed by atoms with van der Waals surface area (Å²) < 4.78 is 10.9. The summed E-state index contributed by atoms with van der Waals surface area (Å²) in [4.78, 5) is 12.1. The van der Waals surface area contributed by atoms with Crippen molar-refractivity contribution in [3.8, 4) is 23.0 Å². The van der Waals surface area contributed by atoms with Crippen LogP contribution in [0, 0.1) is 0 Å². The van der Waals surface area contributed by atoms with E-state index in [1.54, 1.807) is 55.6 Å². The molecule has 3 rings (SSSR count). The third-order valence-electron chi connectivity index (χ3n) is 4.05. The van der Waals surface area contributed by atoms with Crippen molar-refractivity contribution in [1.82, 2.24) is 5.32 Å². The van der Waals surface area contributed by atoms with Crippen molar-refractivity contribution in [3.05, 3.63) is 78.4 Å². The topological polar surface area (TPSA) is 100 Å². The molecule has 0 bridgehead atoms. The van der Waals surface area contributed by atoms with Gasteiger partial charge in [0.25, 0.3) is 5.91 Å². The highest BCUT2D eigenvalue weighted by atomic mass is 16.5. The highest BCUT2D eigenvalue weighted by Gasteiger charge is 2.09. The maximum Gasteiger partial charge on any atom is 0.251 e. The Morgan fingerprint density at radius 3 is 2.34 bits per heavy atom. The van der Waals surface area contributed by atoms with Crippen LogP contribution in [0.4, 0.5) is 5.69 Å². The number of aliphatic hydroxyl groups excluding tert-OH is 1. The van der Waals surface area contributed by atoms with E-state index in [1.165, 1.54) is 24.3 Å². The zero-order chi connectivity index (χ0) is 20.6. The molecular formula is C22H22N2O5. The lowest BCUT2D eigenvalue weighted by atomic mass is 10.2. The molecule has 7 heteroatoms. The van der Waals surface area contributed by atoms with E-state index < -0.39 is 6.23 Å². The van der Waals surface area contributed by atoms with Crippen molar-refractivity contribution >= 4 is 11.6 Å². The van der Waals surface area contributed by atoms with Gasteiger partial charge in [0, 0.05) is 17.3 Å². The molecule has 0 aliphatic rings. The Hall–Kier alpha value is -3.71. The second-order valence-corrected chi connectivity index (χ2v) is 6.22. The van der Waals surface area contributed by atoms with Gasteiger partial charge in [-0.25, -0.2) is 0 Å².